The standard InChI is InChI=1S/C24H33N3O5S2/c1-4-5-17-26(3)33(29,30)22-13-9-20(10-14-22)24(28)25-21-11-15-23(16-12-21)34(31,32)27-18-7-6-8-19(27)2/h9-16,19H,4-8,17-18H2,1-3H3,(H,25,28)/t19-/m1/s1. The van der Waals surface area contributed by atoms with E-state index in [1.165, 1.54) is 40.7 Å². The third-order valence-electron chi connectivity index (χ3n) is 6.11. The molecule has 1 heterocycles. The minimum Gasteiger partial charge on any atom is -0.322 e. The summed E-state index contributed by atoms with van der Waals surface area (Å²) in [5.41, 5.74) is 0.751. The van der Waals surface area contributed by atoms with Crippen LogP contribution in [0.2, 0.25) is 0 Å². The second-order valence-electron chi connectivity index (χ2n) is 8.64. The Balaban J connectivity index is 1.68. The smallest absolute Gasteiger partial charge is 0.255 e. The minimum absolute atomic E-state index is 0.0312. The summed E-state index contributed by atoms with van der Waals surface area (Å²) in [6.07, 6.45) is 4.40. The fraction of sp³-hybridized carbons (Fsp3) is 0.458. The van der Waals surface area contributed by atoms with E-state index in [1.807, 2.05) is 13.8 Å². The number of rotatable bonds is 9. The maximum atomic E-state index is 13.0. The van der Waals surface area contributed by atoms with Crippen molar-refractivity contribution in [3.8, 4) is 0 Å². The van der Waals surface area contributed by atoms with Crippen molar-refractivity contribution in [3.05, 3.63) is 54.1 Å². The van der Waals surface area contributed by atoms with Gasteiger partial charge in [-0.1, -0.05) is 19.8 Å². The number of hydrogen-bond donors (Lipinski definition) is 1. The maximum Gasteiger partial charge on any atom is 0.255 e. The molecule has 3 rings (SSSR count). The number of piperidine rings is 1. The largest absolute Gasteiger partial charge is 0.322 e. The van der Waals surface area contributed by atoms with Crippen molar-refractivity contribution >= 4 is 31.6 Å². The van der Waals surface area contributed by atoms with Crippen LogP contribution in [-0.4, -0.2) is 57.5 Å². The van der Waals surface area contributed by atoms with Gasteiger partial charge in [0.15, 0.2) is 0 Å². The van der Waals surface area contributed by atoms with Gasteiger partial charge in [-0.15, -0.1) is 0 Å². The van der Waals surface area contributed by atoms with E-state index in [1.54, 1.807) is 23.5 Å². The normalized spacial score (nSPS) is 17.6. The molecule has 186 valence electrons. The Morgan fingerprint density at radius 2 is 1.62 bits per heavy atom. The number of anilines is 1. The van der Waals surface area contributed by atoms with Crippen molar-refractivity contribution in [2.45, 2.75) is 61.8 Å². The van der Waals surface area contributed by atoms with E-state index in [9.17, 15) is 21.6 Å². The van der Waals surface area contributed by atoms with E-state index in [4.69, 9.17) is 0 Å². The molecular formula is C24H33N3O5S2. The minimum atomic E-state index is -3.60. The van der Waals surface area contributed by atoms with E-state index >= 15 is 0 Å². The average molecular weight is 508 g/mol. The van der Waals surface area contributed by atoms with Crippen molar-refractivity contribution in [3.63, 3.8) is 0 Å². The van der Waals surface area contributed by atoms with E-state index in [-0.39, 0.29) is 15.8 Å². The highest BCUT2D eigenvalue weighted by Crippen LogP contribution is 2.26. The molecule has 2 aromatic carbocycles. The Hall–Kier alpha value is -2.27. The first-order valence-electron chi connectivity index (χ1n) is 11.6. The van der Waals surface area contributed by atoms with Gasteiger partial charge in [-0.3, -0.25) is 4.79 Å². The molecule has 0 saturated carbocycles. The molecule has 1 atom stereocenters. The Kier molecular flexibility index (Phi) is 8.51. The average Bonchev–Trinajstić information content (AvgIpc) is 2.83. The Morgan fingerprint density at radius 3 is 2.21 bits per heavy atom. The van der Waals surface area contributed by atoms with Gasteiger partial charge in [0.25, 0.3) is 5.91 Å². The molecule has 0 unspecified atom stereocenters. The highest BCUT2D eigenvalue weighted by molar-refractivity contribution is 7.89. The lowest BCUT2D eigenvalue weighted by atomic mass is 10.1. The zero-order valence-electron chi connectivity index (χ0n) is 19.9. The molecule has 0 aromatic heterocycles. The summed E-state index contributed by atoms with van der Waals surface area (Å²) < 4.78 is 54.0. The van der Waals surface area contributed by atoms with Crippen LogP contribution < -0.4 is 5.32 Å². The molecule has 1 saturated heterocycles. The zero-order valence-corrected chi connectivity index (χ0v) is 21.5. The molecule has 10 heteroatoms. The van der Waals surface area contributed by atoms with Gasteiger partial charge in [0.1, 0.15) is 0 Å². The predicted octanol–water partition coefficient (Wildman–Crippen LogP) is 3.92. The number of nitrogens with one attached hydrogen (secondary N) is 1. The molecule has 1 N–H and O–H groups in total. The van der Waals surface area contributed by atoms with Crippen molar-refractivity contribution in [2.24, 2.45) is 0 Å². The molecule has 1 aliphatic rings. The molecule has 0 aliphatic carbocycles. The summed E-state index contributed by atoms with van der Waals surface area (Å²) in [5, 5.41) is 2.73. The Morgan fingerprint density at radius 1 is 1.00 bits per heavy atom. The van der Waals surface area contributed by atoms with Crippen molar-refractivity contribution in [1.29, 1.82) is 0 Å². The molecule has 8 nitrogen and oxygen atoms in total. The third kappa shape index (κ3) is 5.86. The Bertz CT molecular complexity index is 1190. The van der Waals surface area contributed by atoms with E-state index in [0.717, 1.165) is 32.1 Å². The molecule has 0 bridgehead atoms. The van der Waals surface area contributed by atoms with E-state index < -0.39 is 26.0 Å². The lowest BCUT2D eigenvalue weighted by Gasteiger charge is -2.32. The monoisotopic (exact) mass is 507 g/mol. The number of amides is 1. The quantitative estimate of drug-likeness (QED) is 0.554. The summed E-state index contributed by atoms with van der Waals surface area (Å²) in [6, 6.07) is 11.8. The number of carbonyl (C=O) groups excluding carboxylic acids is 1. The number of benzene rings is 2. The van der Waals surface area contributed by atoms with E-state index in [0.29, 0.717) is 24.3 Å². The van der Waals surface area contributed by atoms with Crippen LogP contribution in [0.3, 0.4) is 0 Å². The summed E-state index contributed by atoms with van der Waals surface area (Å²) in [4.78, 5) is 12.9. The van der Waals surface area contributed by atoms with Crippen LogP contribution in [0.15, 0.2) is 58.3 Å². The number of carbonyl (C=O) groups is 1. The van der Waals surface area contributed by atoms with Crippen molar-refractivity contribution in [1.82, 2.24) is 8.61 Å². The van der Waals surface area contributed by atoms with Gasteiger partial charge in [-0.05, 0) is 74.7 Å². The van der Waals surface area contributed by atoms with Crippen LogP contribution in [-0.2, 0) is 20.0 Å². The van der Waals surface area contributed by atoms with Gasteiger partial charge in [-0.2, -0.15) is 4.31 Å². The second-order valence-corrected chi connectivity index (χ2v) is 12.6. The van der Waals surface area contributed by atoms with Gasteiger partial charge in [0, 0.05) is 37.4 Å². The molecule has 34 heavy (non-hydrogen) atoms. The van der Waals surface area contributed by atoms with Crippen LogP contribution in [0.1, 0.15) is 56.3 Å². The topological polar surface area (TPSA) is 104 Å². The van der Waals surface area contributed by atoms with E-state index in [2.05, 4.69) is 5.32 Å². The molecule has 0 spiro atoms. The number of unbranched alkanes of at least 4 members (excludes halogenated alkanes) is 1. The maximum absolute atomic E-state index is 13.0. The second kappa shape index (κ2) is 11.0. The lowest BCUT2D eigenvalue weighted by molar-refractivity contribution is 0.102. The van der Waals surface area contributed by atoms with Gasteiger partial charge in [-0.25, -0.2) is 21.1 Å². The highest BCUT2D eigenvalue weighted by atomic mass is 32.2. The predicted molar refractivity (Wildman–Crippen MR) is 133 cm³/mol. The van der Waals surface area contributed by atoms with Crippen LogP contribution in [0.25, 0.3) is 0 Å². The van der Waals surface area contributed by atoms with Crippen LogP contribution in [0.4, 0.5) is 5.69 Å². The number of nitrogens with zero attached hydrogens (tertiary/aromatic N) is 2. The molecule has 1 amide bonds. The fourth-order valence-electron chi connectivity index (χ4n) is 3.94. The summed E-state index contributed by atoms with van der Waals surface area (Å²) >= 11 is 0. The van der Waals surface area contributed by atoms with Gasteiger partial charge in [0.2, 0.25) is 20.0 Å². The zero-order chi connectivity index (χ0) is 24.9. The van der Waals surface area contributed by atoms with Crippen molar-refractivity contribution < 1.29 is 21.6 Å². The molecule has 1 fully saturated rings. The summed E-state index contributed by atoms with van der Waals surface area (Å²) in [6.45, 7) is 4.87. The molecule has 0 radical (unpaired) electrons. The third-order valence-corrected chi connectivity index (χ3v) is 10.0. The van der Waals surface area contributed by atoms with Crippen LogP contribution in [0.5, 0.6) is 0 Å². The first-order chi connectivity index (χ1) is 16.1. The van der Waals surface area contributed by atoms with Crippen LogP contribution in [0, 0.1) is 0 Å². The highest BCUT2D eigenvalue weighted by Gasteiger charge is 2.30. The number of sulfonamides is 2. The van der Waals surface area contributed by atoms with Gasteiger partial charge >= 0.3 is 0 Å². The molecular weight excluding hydrogens is 474 g/mol. The first-order valence-corrected chi connectivity index (χ1v) is 14.4. The first kappa shape index (κ1) is 26.3. The van der Waals surface area contributed by atoms with Crippen LogP contribution >= 0.6 is 0 Å². The summed E-state index contributed by atoms with van der Waals surface area (Å²) in [5.74, 6) is -0.413. The van der Waals surface area contributed by atoms with Gasteiger partial charge < -0.3 is 5.32 Å². The Labute approximate surface area is 203 Å². The van der Waals surface area contributed by atoms with Crippen molar-refractivity contribution in [2.75, 3.05) is 25.5 Å². The lowest BCUT2D eigenvalue weighted by Crippen LogP contribution is -2.41. The van der Waals surface area contributed by atoms with Gasteiger partial charge in [0.05, 0.1) is 9.79 Å². The molecule has 2 aromatic rings. The SMILES string of the molecule is CCCCN(C)S(=O)(=O)c1ccc(C(=O)Nc2ccc(S(=O)(=O)N3CCCC[C@H]3C)cc2)cc1. The molecule has 1 aliphatic heterocycles. The fourth-order valence-corrected chi connectivity index (χ4v) is 6.85. The summed E-state index contributed by atoms with van der Waals surface area (Å²) in [7, 11) is -5.64. The number of hydrogen-bond acceptors (Lipinski definition) is 5.